The predicted molar refractivity (Wildman–Crippen MR) is 63.1 cm³/mol. The molecule has 2 N–H and O–H groups in total. The molecule has 2 rings (SSSR count). The summed E-state index contributed by atoms with van der Waals surface area (Å²) in [7, 11) is 0. The second-order valence-corrected chi connectivity index (χ2v) is 5.64. The third-order valence-electron chi connectivity index (χ3n) is 2.54. The summed E-state index contributed by atoms with van der Waals surface area (Å²) in [5.41, 5.74) is 0.106. The fourth-order valence-corrected chi connectivity index (χ4v) is 2.82. The van der Waals surface area contributed by atoms with Crippen molar-refractivity contribution in [2.45, 2.75) is 38.3 Å². The number of thioether (sulfide) groups is 1. The van der Waals surface area contributed by atoms with Crippen molar-refractivity contribution in [3.63, 3.8) is 0 Å². The van der Waals surface area contributed by atoms with Gasteiger partial charge in [0, 0.05) is 17.8 Å². The molecule has 1 amide bonds. The Hall–Kier alpha value is -0.710. The van der Waals surface area contributed by atoms with E-state index in [0.717, 1.165) is 30.3 Å². The first-order valence-corrected chi connectivity index (χ1v) is 6.32. The molecule has 0 aromatic rings. The molecule has 2 aliphatic heterocycles. The van der Waals surface area contributed by atoms with Crippen LogP contribution in [0.5, 0.6) is 0 Å². The molecule has 1 unspecified atom stereocenters. The highest BCUT2D eigenvalue weighted by Gasteiger charge is 2.29. The van der Waals surface area contributed by atoms with Gasteiger partial charge in [0.25, 0.3) is 0 Å². The maximum Gasteiger partial charge on any atom is 0.244 e. The van der Waals surface area contributed by atoms with E-state index in [-0.39, 0.29) is 17.5 Å². The molecule has 2 heterocycles. The Kier molecular flexibility index (Phi) is 2.91. The lowest BCUT2D eigenvalue weighted by molar-refractivity contribution is -0.123. The second-order valence-electron chi connectivity index (χ2n) is 4.68. The minimum absolute atomic E-state index is 0.0702. The van der Waals surface area contributed by atoms with Gasteiger partial charge in [-0.15, -0.1) is 0 Å². The van der Waals surface area contributed by atoms with Crippen LogP contribution >= 0.6 is 11.8 Å². The Balaban J connectivity index is 2.00. The highest BCUT2D eigenvalue weighted by atomic mass is 32.2. The van der Waals surface area contributed by atoms with E-state index in [0.29, 0.717) is 0 Å². The molecule has 2 fully saturated rings. The molecule has 2 saturated heterocycles. The normalized spacial score (nSPS) is 32.5. The summed E-state index contributed by atoms with van der Waals surface area (Å²) in [5, 5.41) is 7.09. The van der Waals surface area contributed by atoms with Gasteiger partial charge >= 0.3 is 0 Å². The number of amides is 1. The van der Waals surface area contributed by atoms with Gasteiger partial charge in [0.05, 0.1) is 0 Å². The number of nitrogens with zero attached hydrogens (tertiary/aromatic N) is 1. The van der Waals surface area contributed by atoms with Crippen LogP contribution in [0, 0.1) is 0 Å². The number of carbonyl (C=O) groups excluding carboxylic acids is 1. The van der Waals surface area contributed by atoms with Gasteiger partial charge in [0.1, 0.15) is 6.04 Å². The molecule has 0 radical (unpaired) electrons. The van der Waals surface area contributed by atoms with E-state index in [1.165, 1.54) is 0 Å². The highest BCUT2D eigenvalue weighted by molar-refractivity contribution is 8.14. The van der Waals surface area contributed by atoms with Crippen LogP contribution in [-0.4, -0.2) is 35.0 Å². The zero-order chi connectivity index (χ0) is 10.9. The summed E-state index contributed by atoms with van der Waals surface area (Å²) >= 11 is 1.70. The summed E-state index contributed by atoms with van der Waals surface area (Å²) in [5.74, 6) is 1.08. The van der Waals surface area contributed by atoms with Crippen molar-refractivity contribution in [1.82, 2.24) is 10.6 Å². The Bertz CT molecular complexity index is 301. The molecule has 15 heavy (non-hydrogen) atoms. The standard InChI is InChI=1S/C10H17N3OS/c1-10(2)6-15-9(13-10)12-7-4-3-5-11-8(7)14/h7H,3-6H2,1-2H3,(H,11,14)(H,12,13). The van der Waals surface area contributed by atoms with Crippen LogP contribution in [0.3, 0.4) is 0 Å². The van der Waals surface area contributed by atoms with Crippen molar-refractivity contribution in [2.75, 3.05) is 12.3 Å². The molecule has 5 heteroatoms. The maximum absolute atomic E-state index is 11.5. The maximum atomic E-state index is 11.5. The summed E-state index contributed by atoms with van der Waals surface area (Å²) in [6, 6.07) is -0.178. The van der Waals surface area contributed by atoms with Crippen molar-refractivity contribution >= 4 is 22.8 Å². The third kappa shape index (κ3) is 2.65. The second kappa shape index (κ2) is 4.04. The zero-order valence-corrected chi connectivity index (χ0v) is 9.99. The quantitative estimate of drug-likeness (QED) is 0.694. The van der Waals surface area contributed by atoms with E-state index in [4.69, 9.17) is 0 Å². The fraction of sp³-hybridized carbons (Fsp3) is 0.800. The van der Waals surface area contributed by atoms with Crippen molar-refractivity contribution < 1.29 is 4.79 Å². The molecule has 0 aromatic heterocycles. The smallest absolute Gasteiger partial charge is 0.244 e. The monoisotopic (exact) mass is 227 g/mol. The van der Waals surface area contributed by atoms with Gasteiger partial charge in [-0.25, -0.2) is 4.99 Å². The number of amidine groups is 1. The van der Waals surface area contributed by atoms with Gasteiger partial charge in [0.2, 0.25) is 5.91 Å². The number of hydrogen-bond donors (Lipinski definition) is 2. The number of hydrogen-bond acceptors (Lipinski definition) is 3. The minimum Gasteiger partial charge on any atom is -0.359 e. The van der Waals surface area contributed by atoms with Crippen molar-refractivity contribution in [1.29, 1.82) is 0 Å². The molecule has 0 saturated carbocycles. The summed E-state index contributed by atoms with van der Waals surface area (Å²) in [4.78, 5) is 16.0. The lowest BCUT2D eigenvalue weighted by Gasteiger charge is -2.20. The summed E-state index contributed by atoms with van der Waals surface area (Å²) in [6.07, 6.45) is 1.90. The first-order chi connectivity index (χ1) is 7.07. The van der Waals surface area contributed by atoms with E-state index in [2.05, 4.69) is 29.5 Å². The number of aliphatic imine (C=N–C) groups is 1. The van der Waals surface area contributed by atoms with E-state index in [1.807, 2.05) is 0 Å². The molecular formula is C10H17N3OS. The van der Waals surface area contributed by atoms with E-state index in [9.17, 15) is 4.79 Å². The first-order valence-electron chi connectivity index (χ1n) is 5.33. The Morgan fingerprint density at radius 3 is 2.93 bits per heavy atom. The average Bonchev–Trinajstić information content (AvgIpc) is 2.50. The van der Waals surface area contributed by atoms with Gasteiger partial charge < -0.3 is 10.6 Å². The SMILES string of the molecule is CC1(C)CSC(=NC2CCCNC2=O)N1. The fourth-order valence-electron chi connectivity index (χ4n) is 1.70. The molecule has 0 spiro atoms. The topological polar surface area (TPSA) is 53.5 Å². The Morgan fingerprint density at radius 1 is 1.53 bits per heavy atom. The molecule has 4 nitrogen and oxygen atoms in total. The van der Waals surface area contributed by atoms with Crippen LogP contribution < -0.4 is 10.6 Å². The van der Waals surface area contributed by atoms with Crippen LogP contribution in [-0.2, 0) is 4.79 Å². The zero-order valence-electron chi connectivity index (χ0n) is 9.17. The third-order valence-corrected chi connectivity index (χ3v) is 3.89. The molecule has 0 bridgehead atoms. The van der Waals surface area contributed by atoms with Crippen LogP contribution in [0.1, 0.15) is 26.7 Å². The van der Waals surface area contributed by atoms with E-state index < -0.39 is 0 Å². The summed E-state index contributed by atoms with van der Waals surface area (Å²) in [6.45, 7) is 5.08. The molecule has 1 atom stereocenters. The van der Waals surface area contributed by atoms with Crippen molar-refractivity contribution in [3.05, 3.63) is 0 Å². The minimum atomic E-state index is -0.178. The molecule has 0 aliphatic carbocycles. The van der Waals surface area contributed by atoms with Gasteiger partial charge in [0.15, 0.2) is 5.17 Å². The lowest BCUT2D eigenvalue weighted by Crippen LogP contribution is -2.41. The van der Waals surface area contributed by atoms with Gasteiger partial charge in [-0.2, -0.15) is 0 Å². The van der Waals surface area contributed by atoms with Gasteiger partial charge in [-0.3, -0.25) is 4.79 Å². The lowest BCUT2D eigenvalue weighted by atomic mass is 10.1. The highest BCUT2D eigenvalue weighted by Crippen LogP contribution is 2.23. The Morgan fingerprint density at radius 2 is 2.33 bits per heavy atom. The number of nitrogens with one attached hydrogen (secondary N) is 2. The van der Waals surface area contributed by atoms with Crippen LogP contribution in [0.15, 0.2) is 4.99 Å². The number of rotatable bonds is 1. The molecule has 0 aromatic carbocycles. The molecule has 84 valence electrons. The Labute approximate surface area is 94.3 Å². The van der Waals surface area contributed by atoms with E-state index in [1.54, 1.807) is 11.8 Å². The van der Waals surface area contributed by atoms with Gasteiger partial charge in [-0.1, -0.05) is 11.8 Å². The number of piperidine rings is 1. The van der Waals surface area contributed by atoms with Crippen LogP contribution in [0.2, 0.25) is 0 Å². The first kappa shape index (κ1) is 10.8. The number of carbonyl (C=O) groups is 1. The largest absolute Gasteiger partial charge is 0.359 e. The van der Waals surface area contributed by atoms with Crippen LogP contribution in [0.25, 0.3) is 0 Å². The van der Waals surface area contributed by atoms with E-state index >= 15 is 0 Å². The molecular weight excluding hydrogens is 210 g/mol. The van der Waals surface area contributed by atoms with Gasteiger partial charge in [-0.05, 0) is 26.7 Å². The predicted octanol–water partition coefficient (Wildman–Crippen LogP) is 0.736. The van der Waals surface area contributed by atoms with Crippen molar-refractivity contribution in [2.24, 2.45) is 4.99 Å². The van der Waals surface area contributed by atoms with Crippen molar-refractivity contribution in [3.8, 4) is 0 Å². The summed E-state index contributed by atoms with van der Waals surface area (Å²) < 4.78 is 0. The van der Waals surface area contributed by atoms with Crippen LogP contribution in [0.4, 0.5) is 0 Å². The molecule has 2 aliphatic rings. The average molecular weight is 227 g/mol.